The van der Waals surface area contributed by atoms with Crippen LogP contribution in [0.1, 0.15) is 50.7 Å². The third kappa shape index (κ3) is 6.06. The molecule has 0 spiro atoms. The van der Waals surface area contributed by atoms with Crippen LogP contribution in [0.4, 0.5) is 0 Å². The van der Waals surface area contributed by atoms with Crippen molar-refractivity contribution in [3.8, 4) is 0 Å². The average molecular weight is 258 g/mol. The van der Waals surface area contributed by atoms with Gasteiger partial charge in [-0.05, 0) is 12.0 Å². The van der Waals surface area contributed by atoms with Gasteiger partial charge >= 0.3 is 0 Å². The molecule has 1 rings (SSSR count). The van der Waals surface area contributed by atoms with Crippen molar-refractivity contribution in [2.24, 2.45) is 5.73 Å². The van der Waals surface area contributed by atoms with E-state index >= 15 is 0 Å². The Morgan fingerprint density at radius 1 is 1.12 bits per heavy atom. The molecule has 0 aliphatic carbocycles. The summed E-state index contributed by atoms with van der Waals surface area (Å²) in [6, 6.07) is 9.53. The van der Waals surface area contributed by atoms with Gasteiger partial charge in [-0.15, -0.1) is 12.4 Å². The fraction of sp³-hybridized carbons (Fsp3) is 0.571. The van der Waals surface area contributed by atoms with Gasteiger partial charge < -0.3 is 10.8 Å². The average Bonchev–Trinajstić information content (AvgIpc) is 2.34. The van der Waals surface area contributed by atoms with Crippen molar-refractivity contribution in [3.05, 3.63) is 35.9 Å². The Balaban J connectivity index is 0.00000256. The maximum absolute atomic E-state index is 10.0. The second kappa shape index (κ2) is 9.46. The van der Waals surface area contributed by atoms with Crippen LogP contribution >= 0.6 is 12.4 Å². The Kier molecular flexibility index (Phi) is 9.14. The molecule has 0 bridgehead atoms. The zero-order chi connectivity index (χ0) is 11.8. The smallest absolute Gasteiger partial charge is 0.0940 e. The first-order valence-electron chi connectivity index (χ1n) is 6.24. The molecule has 0 amide bonds. The van der Waals surface area contributed by atoms with Gasteiger partial charge in [0.1, 0.15) is 0 Å². The predicted octanol–water partition coefficient (Wildman–Crippen LogP) is 3.44. The number of aliphatic hydroxyl groups excluding tert-OH is 1. The molecule has 2 atom stereocenters. The number of halogens is 1. The van der Waals surface area contributed by atoms with E-state index in [9.17, 15) is 5.11 Å². The van der Waals surface area contributed by atoms with E-state index in [4.69, 9.17) is 5.73 Å². The molecule has 2 nitrogen and oxygen atoms in total. The van der Waals surface area contributed by atoms with Crippen LogP contribution in [0, 0.1) is 0 Å². The van der Waals surface area contributed by atoms with Crippen molar-refractivity contribution in [3.63, 3.8) is 0 Å². The van der Waals surface area contributed by atoms with E-state index in [1.807, 2.05) is 30.3 Å². The van der Waals surface area contributed by atoms with Gasteiger partial charge in [-0.1, -0.05) is 62.9 Å². The molecule has 0 radical (unpaired) electrons. The lowest BCUT2D eigenvalue weighted by atomic mass is 9.98. The van der Waals surface area contributed by atoms with Crippen LogP contribution < -0.4 is 5.73 Å². The summed E-state index contributed by atoms with van der Waals surface area (Å²) >= 11 is 0. The number of unbranched alkanes of at least 4 members (excludes halogenated alkanes) is 3. The van der Waals surface area contributed by atoms with Gasteiger partial charge in [0.05, 0.1) is 6.10 Å². The molecule has 3 heteroatoms. The molecule has 3 N–H and O–H groups in total. The number of hydrogen-bond donors (Lipinski definition) is 2. The zero-order valence-electron chi connectivity index (χ0n) is 10.5. The van der Waals surface area contributed by atoms with Crippen molar-refractivity contribution in [2.75, 3.05) is 0 Å². The van der Waals surface area contributed by atoms with Crippen molar-refractivity contribution in [1.29, 1.82) is 0 Å². The molecule has 0 saturated carbocycles. The Morgan fingerprint density at radius 3 is 2.35 bits per heavy atom. The summed E-state index contributed by atoms with van der Waals surface area (Å²) in [6.07, 6.45) is 5.19. The lowest BCUT2D eigenvalue weighted by Crippen LogP contribution is -2.28. The predicted molar refractivity (Wildman–Crippen MR) is 75.4 cm³/mol. The van der Waals surface area contributed by atoms with Crippen molar-refractivity contribution >= 4 is 12.4 Å². The first kappa shape index (κ1) is 16.4. The Hall–Kier alpha value is -0.570. The second-order valence-corrected chi connectivity index (χ2v) is 4.37. The Morgan fingerprint density at radius 2 is 1.76 bits per heavy atom. The van der Waals surface area contributed by atoms with E-state index < -0.39 is 6.10 Å². The van der Waals surface area contributed by atoms with Crippen LogP contribution in [-0.2, 0) is 0 Å². The van der Waals surface area contributed by atoms with Gasteiger partial charge in [-0.25, -0.2) is 0 Å². The molecule has 98 valence electrons. The topological polar surface area (TPSA) is 46.2 Å². The summed E-state index contributed by atoms with van der Waals surface area (Å²) in [4.78, 5) is 0. The van der Waals surface area contributed by atoms with Gasteiger partial charge in [0, 0.05) is 6.04 Å². The molecule has 0 saturated heterocycles. The molecular formula is C14H24ClNO. The molecule has 0 aliphatic rings. The number of rotatable bonds is 7. The Bertz CT molecular complexity index is 279. The molecule has 1 aromatic rings. The molecule has 0 aromatic heterocycles. The van der Waals surface area contributed by atoms with Crippen LogP contribution in [-0.4, -0.2) is 11.1 Å². The standard InChI is InChI=1S/C14H23NO.ClH/c1-2-3-4-8-11-13(15)14(16)12-9-6-5-7-10-12;/h5-7,9-10,13-14,16H,2-4,8,11,15H2,1H3;1H. The van der Waals surface area contributed by atoms with Gasteiger partial charge in [0.15, 0.2) is 0 Å². The molecular weight excluding hydrogens is 234 g/mol. The van der Waals surface area contributed by atoms with Crippen LogP contribution in [0.2, 0.25) is 0 Å². The normalized spacial score (nSPS) is 13.8. The maximum atomic E-state index is 10.0. The van der Waals surface area contributed by atoms with E-state index in [0.29, 0.717) is 0 Å². The highest BCUT2D eigenvalue weighted by Crippen LogP contribution is 2.18. The van der Waals surface area contributed by atoms with Crippen LogP contribution in [0.25, 0.3) is 0 Å². The molecule has 2 unspecified atom stereocenters. The minimum absolute atomic E-state index is 0. The molecule has 0 fully saturated rings. The summed E-state index contributed by atoms with van der Waals surface area (Å²) in [6.45, 7) is 2.19. The number of nitrogens with two attached hydrogens (primary N) is 1. The highest BCUT2D eigenvalue weighted by Gasteiger charge is 2.15. The van der Waals surface area contributed by atoms with E-state index in [-0.39, 0.29) is 18.4 Å². The van der Waals surface area contributed by atoms with Gasteiger partial charge in [-0.2, -0.15) is 0 Å². The van der Waals surface area contributed by atoms with E-state index in [1.54, 1.807) is 0 Å². The maximum Gasteiger partial charge on any atom is 0.0940 e. The first-order chi connectivity index (χ1) is 7.75. The minimum atomic E-state index is -0.525. The summed E-state index contributed by atoms with van der Waals surface area (Å²) < 4.78 is 0. The summed E-state index contributed by atoms with van der Waals surface area (Å²) in [5.74, 6) is 0. The highest BCUT2D eigenvalue weighted by atomic mass is 35.5. The minimum Gasteiger partial charge on any atom is -0.387 e. The lowest BCUT2D eigenvalue weighted by molar-refractivity contribution is 0.141. The van der Waals surface area contributed by atoms with Crippen molar-refractivity contribution in [1.82, 2.24) is 0 Å². The first-order valence-corrected chi connectivity index (χ1v) is 6.24. The molecule has 0 heterocycles. The van der Waals surface area contributed by atoms with Crippen molar-refractivity contribution < 1.29 is 5.11 Å². The third-order valence-electron chi connectivity index (χ3n) is 2.94. The van der Waals surface area contributed by atoms with E-state index in [1.165, 1.54) is 19.3 Å². The van der Waals surface area contributed by atoms with E-state index in [0.717, 1.165) is 18.4 Å². The third-order valence-corrected chi connectivity index (χ3v) is 2.94. The fourth-order valence-corrected chi connectivity index (χ4v) is 1.86. The van der Waals surface area contributed by atoms with Gasteiger partial charge in [0.25, 0.3) is 0 Å². The number of benzene rings is 1. The number of hydrogen-bond acceptors (Lipinski definition) is 2. The monoisotopic (exact) mass is 257 g/mol. The largest absolute Gasteiger partial charge is 0.387 e. The molecule has 17 heavy (non-hydrogen) atoms. The molecule has 1 aromatic carbocycles. The van der Waals surface area contributed by atoms with E-state index in [2.05, 4.69) is 6.92 Å². The summed E-state index contributed by atoms with van der Waals surface area (Å²) in [5.41, 5.74) is 6.90. The number of aliphatic hydroxyl groups is 1. The Labute approximate surface area is 111 Å². The zero-order valence-corrected chi connectivity index (χ0v) is 11.3. The fourth-order valence-electron chi connectivity index (χ4n) is 1.86. The molecule has 0 aliphatic heterocycles. The summed E-state index contributed by atoms with van der Waals surface area (Å²) in [7, 11) is 0. The quantitative estimate of drug-likeness (QED) is 0.735. The van der Waals surface area contributed by atoms with Gasteiger partial charge in [0.2, 0.25) is 0 Å². The summed E-state index contributed by atoms with van der Waals surface area (Å²) in [5, 5.41) is 10.0. The highest BCUT2D eigenvalue weighted by molar-refractivity contribution is 5.85. The van der Waals surface area contributed by atoms with Gasteiger partial charge in [-0.3, -0.25) is 0 Å². The van der Waals surface area contributed by atoms with Crippen LogP contribution in [0.3, 0.4) is 0 Å². The van der Waals surface area contributed by atoms with Crippen molar-refractivity contribution in [2.45, 2.75) is 51.2 Å². The lowest BCUT2D eigenvalue weighted by Gasteiger charge is -2.19. The van der Waals surface area contributed by atoms with Crippen LogP contribution in [0.5, 0.6) is 0 Å². The van der Waals surface area contributed by atoms with Crippen LogP contribution in [0.15, 0.2) is 30.3 Å². The second-order valence-electron chi connectivity index (χ2n) is 4.37. The SMILES string of the molecule is CCCCCCC(N)C(O)c1ccccc1.Cl.